The first-order chi connectivity index (χ1) is 8.97. The first kappa shape index (κ1) is 16.0. The number of nitro benzene ring substituents is 1. The lowest BCUT2D eigenvalue weighted by Crippen LogP contribution is -2.19. The number of rotatable bonds is 7. The van der Waals surface area contributed by atoms with Gasteiger partial charge < -0.3 is 10.0 Å². The number of aliphatic hydroxyl groups excluding tert-OH is 1. The summed E-state index contributed by atoms with van der Waals surface area (Å²) in [6.07, 6.45) is 2.45. The van der Waals surface area contributed by atoms with Gasteiger partial charge in [0.05, 0.1) is 15.0 Å². The molecule has 0 radical (unpaired) electrons. The number of hydrogen-bond donors (Lipinski definition) is 1. The Balaban J connectivity index is 2.85. The summed E-state index contributed by atoms with van der Waals surface area (Å²) in [6, 6.07) is 2.78. The molecule has 0 saturated carbocycles. The fourth-order valence-electron chi connectivity index (χ4n) is 1.74. The lowest BCUT2D eigenvalue weighted by Gasteiger charge is -2.19. The molecule has 19 heavy (non-hydrogen) atoms. The Labute approximate surface area is 121 Å². The van der Waals surface area contributed by atoms with Crippen LogP contribution in [0.4, 0.5) is 11.4 Å². The third-order valence-electron chi connectivity index (χ3n) is 2.78. The predicted octanol–water partition coefficient (Wildman–Crippen LogP) is 3.50. The number of anilines is 1. The number of nitrogens with zero attached hydrogens (tertiary/aromatic N) is 2. The molecule has 0 heterocycles. The molecule has 0 spiro atoms. The van der Waals surface area contributed by atoms with E-state index in [9.17, 15) is 10.1 Å². The topological polar surface area (TPSA) is 66.6 Å². The van der Waals surface area contributed by atoms with Crippen molar-refractivity contribution in [3.05, 3.63) is 32.3 Å². The highest BCUT2D eigenvalue weighted by Gasteiger charge is 2.19. The van der Waals surface area contributed by atoms with Crippen LogP contribution in [0, 0.1) is 10.1 Å². The normalized spacial score (nSPS) is 10.5. The monoisotopic (exact) mass is 306 g/mol. The summed E-state index contributed by atoms with van der Waals surface area (Å²) in [5, 5.41) is 20.2. The molecule has 0 aliphatic carbocycles. The van der Waals surface area contributed by atoms with Crippen LogP contribution in [0.2, 0.25) is 10.0 Å². The number of hydrogen-bond acceptors (Lipinski definition) is 4. The number of unbranched alkanes of at least 4 members (excludes halogenated alkanes) is 2. The molecule has 1 aromatic rings. The van der Waals surface area contributed by atoms with Gasteiger partial charge in [0.1, 0.15) is 5.69 Å². The molecule has 106 valence electrons. The van der Waals surface area contributed by atoms with Crippen LogP contribution in [-0.4, -0.2) is 30.2 Å². The van der Waals surface area contributed by atoms with Crippen molar-refractivity contribution in [1.29, 1.82) is 0 Å². The van der Waals surface area contributed by atoms with Crippen LogP contribution in [0.25, 0.3) is 0 Å². The summed E-state index contributed by atoms with van der Waals surface area (Å²) < 4.78 is 0. The Kier molecular flexibility index (Phi) is 6.34. The van der Waals surface area contributed by atoms with Crippen LogP contribution in [0.15, 0.2) is 12.1 Å². The SMILES string of the molecule is CN(CCCCCO)c1cc(Cl)c(Cl)cc1[N+](=O)[O-]. The first-order valence-corrected chi connectivity index (χ1v) is 6.68. The Hall–Kier alpha value is -1.04. The highest BCUT2D eigenvalue weighted by molar-refractivity contribution is 6.42. The van der Waals surface area contributed by atoms with E-state index in [2.05, 4.69) is 0 Å². The Morgan fingerprint density at radius 2 is 1.89 bits per heavy atom. The van der Waals surface area contributed by atoms with E-state index in [-0.39, 0.29) is 17.3 Å². The standard InChI is InChI=1S/C12H16Cl2N2O3/c1-15(5-3-2-4-6-17)11-7-9(13)10(14)8-12(11)16(18)19/h7-8,17H,2-6H2,1H3. The van der Waals surface area contributed by atoms with Crippen molar-refractivity contribution in [2.24, 2.45) is 0 Å². The molecule has 0 aromatic heterocycles. The van der Waals surface area contributed by atoms with Crippen LogP contribution in [-0.2, 0) is 0 Å². The van der Waals surface area contributed by atoms with Crippen molar-refractivity contribution in [3.63, 3.8) is 0 Å². The minimum absolute atomic E-state index is 0.0564. The van der Waals surface area contributed by atoms with Crippen molar-refractivity contribution in [3.8, 4) is 0 Å². The summed E-state index contributed by atoms with van der Waals surface area (Å²) in [5.74, 6) is 0. The molecule has 1 aromatic carbocycles. The molecule has 1 N–H and O–H groups in total. The van der Waals surface area contributed by atoms with Crippen LogP contribution in [0.1, 0.15) is 19.3 Å². The summed E-state index contributed by atoms with van der Waals surface area (Å²) in [4.78, 5) is 12.3. The van der Waals surface area contributed by atoms with Gasteiger partial charge in [-0.1, -0.05) is 23.2 Å². The minimum Gasteiger partial charge on any atom is -0.396 e. The van der Waals surface area contributed by atoms with Gasteiger partial charge in [0.2, 0.25) is 0 Å². The third-order valence-corrected chi connectivity index (χ3v) is 3.50. The smallest absolute Gasteiger partial charge is 0.294 e. The van der Waals surface area contributed by atoms with Crippen LogP contribution in [0.5, 0.6) is 0 Å². The summed E-state index contributed by atoms with van der Waals surface area (Å²) in [6.45, 7) is 0.815. The van der Waals surface area contributed by atoms with E-state index in [0.717, 1.165) is 19.3 Å². The molecule has 5 nitrogen and oxygen atoms in total. The third kappa shape index (κ3) is 4.53. The molecular weight excluding hydrogens is 291 g/mol. The maximum atomic E-state index is 11.0. The second-order valence-electron chi connectivity index (χ2n) is 4.22. The predicted molar refractivity (Wildman–Crippen MR) is 77.3 cm³/mol. The van der Waals surface area contributed by atoms with Crippen molar-refractivity contribution in [1.82, 2.24) is 0 Å². The van der Waals surface area contributed by atoms with E-state index in [1.165, 1.54) is 12.1 Å². The van der Waals surface area contributed by atoms with Gasteiger partial charge in [-0.05, 0) is 25.3 Å². The molecule has 0 atom stereocenters. The molecule has 0 aliphatic heterocycles. The van der Waals surface area contributed by atoms with Crippen LogP contribution in [0.3, 0.4) is 0 Å². The van der Waals surface area contributed by atoms with E-state index in [1.54, 1.807) is 11.9 Å². The van der Waals surface area contributed by atoms with Gasteiger partial charge >= 0.3 is 0 Å². The molecule has 0 fully saturated rings. The number of nitro groups is 1. The summed E-state index contributed by atoms with van der Waals surface area (Å²) in [5.41, 5.74) is 0.391. The van der Waals surface area contributed by atoms with E-state index in [1.807, 2.05) is 0 Å². The second-order valence-corrected chi connectivity index (χ2v) is 5.03. The average molecular weight is 307 g/mol. The van der Waals surface area contributed by atoms with Gasteiger partial charge in [-0.25, -0.2) is 0 Å². The van der Waals surface area contributed by atoms with Crippen molar-refractivity contribution < 1.29 is 10.0 Å². The van der Waals surface area contributed by atoms with Gasteiger partial charge in [0.25, 0.3) is 5.69 Å². The van der Waals surface area contributed by atoms with Gasteiger partial charge in [-0.3, -0.25) is 10.1 Å². The first-order valence-electron chi connectivity index (χ1n) is 5.92. The van der Waals surface area contributed by atoms with Gasteiger partial charge in [-0.2, -0.15) is 0 Å². The van der Waals surface area contributed by atoms with E-state index in [0.29, 0.717) is 17.3 Å². The van der Waals surface area contributed by atoms with E-state index >= 15 is 0 Å². The maximum absolute atomic E-state index is 11.0. The van der Waals surface area contributed by atoms with Crippen molar-refractivity contribution in [2.75, 3.05) is 25.1 Å². The zero-order valence-corrected chi connectivity index (χ0v) is 12.1. The molecule has 0 aliphatic rings. The number of halogens is 2. The van der Waals surface area contributed by atoms with Crippen molar-refractivity contribution >= 4 is 34.6 Å². The fraction of sp³-hybridized carbons (Fsp3) is 0.500. The molecular formula is C12H16Cl2N2O3. The van der Waals surface area contributed by atoms with E-state index < -0.39 is 4.92 Å². The number of aliphatic hydroxyl groups is 1. The number of benzene rings is 1. The quantitative estimate of drug-likeness (QED) is 0.475. The molecule has 7 heteroatoms. The minimum atomic E-state index is -0.470. The maximum Gasteiger partial charge on any atom is 0.294 e. The Bertz CT molecular complexity index is 455. The lowest BCUT2D eigenvalue weighted by atomic mass is 10.2. The van der Waals surface area contributed by atoms with Crippen LogP contribution >= 0.6 is 23.2 Å². The fourth-order valence-corrected chi connectivity index (χ4v) is 2.05. The Morgan fingerprint density at radius 3 is 2.47 bits per heavy atom. The van der Waals surface area contributed by atoms with Crippen LogP contribution < -0.4 is 4.90 Å². The molecule has 0 bridgehead atoms. The van der Waals surface area contributed by atoms with Gasteiger partial charge in [0, 0.05) is 26.3 Å². The second kappa shape index (κ2) is 7.53. The molecule has 0 unspecified atom stereocenters. The molecule has 1 rings (SSSR count). The Morgan fingerprint density at radius 1 is 1.26 bits per heavy atom. The lowest BCUT2D eigenvalue weighted by molar-refractivity contribution is -0.384. The molecule has 0 amide bonds. The van der Waals surface area contributed by atoms with Gasteiger partial charge in [-0.15, -0.1) is 0 Å². The largest absolute Gasteiger partial charge is 0.396 e. The summed E-state index contributed by atoms with van der Waals surface area (Å²) >= 11 is 11.7. The van der Waals surface area contributed by atoms with E-state index in [4.69, 9.17) is 28.3 Å². The summed E-state index contributed by atoms with van der Waals surface area (Å²) in [7, 11) is 1.77. The van der Waals surface area contributed by atoms with Crippen molar-refractivity contribution in [2.45, 2.75) is 19.3 Å². The average Bonchev–Trinajstić information content (AvgIpc) is 2.36. The zero-order valence-electron chi connectivity index (χ0n) is 10.6. The van der Waals surface area contributed by atoms with Gasteiger partial charge in [0.15, 0.2) is 0 Å². The highest BCUT2D eigenvalue weighted by atomic mass is 35.5. The highest BCUT2D eigenvalue weighted by Crippen LogP contribution is 2.35. The molecule has 0 saturated heterocycles. The zero-order chi connectivity index (χ0) is 14.4.